The first-order valence-corrected chi connectivity index (χ1v) is 20.3. The van der Waals surface area contributed by atoms with Gasteiger partial charge in [-0.15, -0.1) is 0 Å². The summed E-state index contributed by atoms with van der Waals surface area (Å²) in [7, 11) is 0.947. The van der Waals surface area contributed by atoms with E-state index in [1.165, 1.54) is 38.8 Å². The number of nitrogen functional groups attached to an aromatic ring is 1. The van der Waals surface area contributed by atoms with Crippen LogP contribution in [-0.4, -0.2) is 86.8 Å². The standard InChI is InChI=1S/C29H28F3N7O3.C16H15BF3NO4/c1-3-23(40)38-12-4-5-20(15-38)39-27-24(26(33)35-16-36-27)25(37-39)18-8-6-17(7-9-18)14-34-28(41)21-13-19(29(30,31)32)10-11-22(21)42-2;1-25-14-7-4-11(16(18,19)20)8-13(14)15(22)21-9-10-2-5-12(6-3-10)17(23)24/h3,6-11,13,16,20H,1,4-5,12,14-15H2,2H3,(H,34,41)(H2,33,35,36);2-8,23-24H,9H2,1H3,(H,21,22)/t20-;/m1./s1. The van der Waals surface area contributed by atoms with Crippen molar-refractivity contribution in [1.29, 1.82) is 0 Å². The Labute approximate surface area is 379 Å². The minimum absolute atomic E-state index is 0.0317. The van der Waals surface area contributed by atoms with Crippen LogP contribution in [0.3, 0.4) is 0 Å². The lowest BCUT2D eigenvalue weighted by atomic mass is 9.80. The van der Waals surface area contributed by atoms with Gasteiger partial charge in [0, 0.05) is 31.7 Å². The number of aromatic nitrogens is 4. The zero-order valence-electron chi connectivity index (χ0n) is 35.9. The molecule has 350 valence electrons. The molecule has 0 unspecified atom stereocenters. The Hall–Kier alpha value is -7.46. The lowest BCUT2D eigenvalue weighted by Crippen LogP contribution is -2.40. The fourth-order valence-corrected chi connectivity index (χ4v) is 7.20. The highest BCUT2D eigenvalue weighted by Crippen LogP contribution is 2.36. The van der Waals surface area contributed by atoms with Crippen molar-refractivity contribution in [3.8, 4) is 22.8 Å². The van der Waals surface area contributed by atoms with Crippen LogP contribution >= 0.6 is 0 Å². The highest BCUT2D eigenvalue weighted by Gasteiger charge is 2.33. The second kappa shape index (κ2) is 20.8. The van der Waals surface area contributed by atoms with Crippen molar-refractivity contribution in [2.24, 2.45) is 0 Å². The molecule has 0 radical (unpaired) electrons. The number of hydrogen-bond donors (Lipinski definition) is 5. The molecule has 7 rings (SSSR count). The van der Waals surface area contributed by atoms with Crippen molar-refractivity contribution in [2.75, 3.05) is 33.0 Å². The third kappa shape index (κ3) is 11.7. The summed E-state index contributed by atoms with van der Waals surface area (Å²) >= 11 is 0. The molecule has 1 saturated heterocycles. The maximum absolute atomic E-state index is 13.2. The molecule has 3 amide bonds. The minimum Gasteiger partial charge on any atom is -0.496 e. The summed E-state index contributed by atoms with van der Waals surface area (Å²) in [5.41, 5.74) is 7.41. The maximum atomic E-state index is 13.2. The van der Waals surface area contributed by atoms with Crippen molar-refractivity contribution >= 4 is 47.2 Å². The van der Waals surface area contributed by atoms with Crippen LogP contribution in [0.25, 0.3) is 22.3 Å². The molecular formula is C45H43BF6N8O7. The van der Waals surface area contributed by atoms with Crippen LogP contribution in [0.5, 0.6) is 11.5 Å². The Bertz CT molecular complexity index is 2750. The van der Waals surface area contributed by atoms with Crippen molar-refractivity contribution < 1.29 is 60.2 Å². The van der Waals surface area contributed by atoms with Gasteiger partial charge in [0.15, 0.2) is 5.65 Å². The highest BCUT2D eigenvalue weighted by atomic mass is 19.4. The van der Waals surface area contributed by atoms with Gasteiger partial charge in [-0.3, -0.25) is 14.4 Å². The molecule has 1 atom stereocenters. The van der Waals surface area contributed by atoms with Crippen LogP contribution in [0, 0.1) is 0 Å². The normalized spacial score (nSPS) is 13.8. The number of amides is 3. The summed E-state index contributed by atoms with van der Waals surface area (Å²) in [4.78, 5) is 47.5. The third-order valence-corrected chi connectivity index (χ3v) is 10.7. The van der Waals surface area contributed by atoms with Gasteiger partial charge in [0.25, 0.3) is 11.8 Å². The zero-order chi connectivity index (χ0) is 48.6. The number of alkyl halides is 6. The fraction of sp³-hybridized carbons (Fsp3) is 0.244. The smallest absolute Gasteiger partial charge is 0.488 e. The number of anilines is 1. The lowest BCUT2D eigenvalue weighted by molar-refractivity contribution is -0.138. The summed E-state index contributed by atoms with van der Waals surface area (Å²) in [6.45, 7) is 4.80. The summed E-state index contributed by atoms with van der Waals surface area (Å²) in [6, 6.07) is 18.5. The number of nitrogens with one attached hydrogen (secondary N) is 2. The Balaban J connectivity index is 0.000000253. The minimum atomic E-state index is -4.60. The molecule has 0 saturated carbocycles. The van der Waals surface area contributed by atoms with E-state index in [1.54, 1.807) is 46.0 Å². The highest BCUT2D eigenvalue weighted by molar-refractivity contribution is 6.58. The number of carbonyl (C=O) groups excluding carboxylic acids is 3. The number of halogens is 6. The predicted molar refractivity (Wildman–Crippen MR) is 235 cm³/mol. The molecule has 2 aromatic heterocycles. The van der Waals surface area contributed by atoms with E-state index in [0.29, 0.717) is 40.9 Å². The summed E-state index contributed by atoms with van der Waals surface area (Å²) in [5.74, 6) is -1.22. The van der Waals surface area contributed by atoms with Gasteiger partial charge >= 0.3 is 19.5 Å². The molecule has 22 heteroatoms. The van der Waals surface area contributed by atoms with Gasteiger partial charge in [-0.2, -0.15) is 31.4 Å². The summed E-state index contributed by atoms with van der Waals surface area (Å²) < 4.78 is 89.8. The largest absolute Gasteiger partial charge is 0.496 e. The van der Waals surface area contributed by atoms with Crippen LogP contribution in [0.4, 0.5) is 32.2 Å². The number of piperidine rings is 1. The van der Waals surface area contributed by atoms with Crippen LogP contribution in [-0.2, 0) is 30.2 Å². The number of ether oxygens (including phenoxy) is 2. The molecule has 1 aliphatic heterocycles. The molecule has 3 heterocycles. The lowest BCUT2D eigenvalue weighted by Gasteiger charge is -2.32. The first-order chi connectivity index (χ1) is 31.8. The number of nitrogens with two attached hydrogens (primary N) is 1. The van der Waals surface area contributed by atoms with Gasteiger partial charge in [0.1, 0.15) is 29.3 Å². The van der Waals surface area contributed by atoms with E-state index >= 15 is 0 Å². The second-order valence-corrected chi connectivity index (χ2v) is 15.0. The third-order valence-electron chi connectivity index (χ3n) is 10.7. The average Bonchev–Trinajstić information content (AvgIpc) is 3.72. The molecule has 1 aliphatic rings. The molecule has 1 fully saturated rings. The van der Waals surface area contributed by atoms with Crippen LogP contribution in [0.1, 0.15) is 61.9 Å². The van der Waals surface area contributed by atoms with E-state index in [9.17, 15) is 40.7 Å². The molecule has 0 aliphatic carbocycles. The predicted octanol–water partition coefficient (Wildman–Crippen LogP) is 5.71. The van der Waals surface area contributed by atoms with Crippen molar-refractivity contribution in [2.45, 2.75) is 44.3 Å². The van der Waals surface area contributed by atoms with Gasteiger partial charge < -0.3 is 40.8 Å². The molecule has 0 bridgehead atoms. The number of hydrogen-bond acceptors (Lipinski definition) is 11. The Morgan fingerprint density at radius 3 is 1.82 bits per heavy atom. The summed E-state index contributed by atoms with van der Waals surface area (Å²) in [6.07, 6.45) is -4.88. The van der Waals surface area contributed by atoms with Gasteiger partial charge in [-0.05, 0) is 71.9 Å². The van der Waals surface area contributed by atoms with E-state index < -0.39 is 42.4 Å². The molecule has 4 aromatic carbocycles. The van der Waals surface area contributed by atoms with Crippen molar-refractivity contribution in [3.63, 3.8) is 0 Å². The first kappa shape index (κ1) is 49.0. The number of fused-ring (bicyclic) bond motifs is 1. The van der Waals surface area contributed by atoms with Gasteiger partial charge in [0.2, 0.25) is 5.91 Å². The molecule has 6 N–H and O–H groups in total. The number of nitrogens with zero attached hydrogens (tertiary/aromatic N) is 5. The van der Waals surface area contributed by atoms with Gasteiger partial charge in [-0.25, -0.2) is 14.6 Å². The number of benzene rings is 4. The topological polar surface area (TPSA) is 207 Å². The average molecular weight is 933 g/mol. The van der Waals surface area contributed by atoms with Crippen molar-refractivity contribution in [1.82, 2.24) is 35.3 Å². The zero-order valence-corrected chi connectivity index (χ0v) is 35.9. The first-order valence-electron chi connectivity index (χ1n) is 20.3. The molecule has 0 spiro atoms. The van der Waals surface area contributed by atoms with E-state index in [1.807, 2.05) is 0 Å². The van der Waals surface area contributed by atoms with Crippen LogP contribution in [0.2, 0.25) is 0 Å². The second-order valence-electron chi connectivity index (χ2n) is 15.0. The van der Waals surface area contributed by atoms with Gasteiger partial charge in [0.05, 0.1) is 47.9 Å². The molecular weight excluding hydrogens is 889 g/mol. The van der Waals surface area contributed by atoms with Crippen molar-refractivity contribution in [3.05, 3.63) is 137 Å². The van der Waals surface area contributed by atoms with E-state index in [-0.39, 0.29) is 58.9 Å². The maximum Gasteiger partial charge on any atom is 0.488 e. The molecule has 15 nitrogen and oxygen atoms in total. The van der Waals surface area contributed by atoms with Crippen LogP contribution in [0.15, 0.2) is 104 Å². The quantitative estimate of drug-likeness (QED) is 0.0571. The SMILES string of the molecule is C=CC(=O)N1CCC[C@@H](n2nc(-c3ccc(CNC(=O)c4cc(C(F)(F)F)ccc4OC)cc3)c3c(N)ncnc32)C1.COc1ccc(C(F)(F)F)cc1C(=O)NCc1ccc(B(O)O)cc1. The monoisotopic (exact) mass is 932 g/mol. The number of carbonyl (C=O) groups is 3. The molecule has 67 heavy (non-hydrogen) atoms. The Morgan fingerprint density at radius 1 is 0.821 bits per heavy atom. The van der Waals surface area contributed by atoms with E-state index in [2.05, 4.69) is 27.2 Å². The number of rotatable bonds is 12. The Kier molecular flexibility index (Phi) is 15.2. The van der Waals surface area contributed by atoms with E-state index in [4.69, 9.17) is 30.4 Å². The van der Waals surface area contributed by atoms with Gasteiger partial charge in [-0.1, -0.05) is 55.1 Å². The Morgan fingerprint density at radius 2 is 1.34 bits per heavy atom. The number of likely N-dealkylation sites (tertiary alicyclic amines) is 1. The molecule has 6 aromatic rings. The summed E-state index contributed by atoms with van der Waals surface area (Å²) in [5, 5.41) is 28.6. The fourth-order valence-electron chi connectivity index (χ4n) is 7.20. The number of methoxy groups -OCH3 is 2. The van der Waals surface area contributed by atoms with E-state index in [0.717, 1.165) is 54.8 Å². The van der Waals surface area contributed by atoms with Crippen LogP contribution < -0.4 is 31.3 Å².